The SMILES string of the molecule is C/C(C(=O)O)=C(\C)C(=O)N(C)CCc1ccccn1. The molecule has 0 atom stereocenters. The minimum atomic E-state index is -1.07. The van der Waals surface area contributed by atoms with Gasteiger partial charge in [0.1, 0.15) is 0 Å². The number of carboxylic acid groups (broad SMARTS) is 1. The summed E-state index contributed by atoms with van der Waals surface area (Å²) in [5.41, 5.74) is 1.24. The van der Waals surface area contributed by atoms with E-state index >= 15 is 0 Å². The predicted molar refractivity (Wildman–Crippen MR) is 71.6 cm³/mol. The first-order valence-electron chi connectivity index (χ1n) is 5.99. The quantitative estimate of drug-likeness (QED) is 0.816. The smallest absolute Gasteiger partial charge is 0.331 e. The van der Waals surface area contributed by atoms with E-state index < -0.39 is 5.97 Å². The molecule has 1 heterocycles. The molecule has 5 nitrogen and oxygen atoms in total. The third kappa shape index (κ3) is 4.21. The predicted octanol–water partition coefficient (Wildman–Crippen LogP) is 1.50. The maximum Gasteiger partial charge on any atom is 0.331 e. The summed E-state index contributed by atoms with van der Waals surface area (Å²) in [4.78, 5) is 28.5. The minimum absolute atomic E-state index is 0.0784. The van der Waals surface area contributed by atoms with Crippen LogP contribution in [0.2, 0.25) is 0 Å². The molecule has 0 saturated heterocycles. The van der Waals surface area contributed by atoms with Crippen molar-refractivity contribution in [3.8, 4) is 0 Å². The van der Waals surface area contributed by atoms with Crippen molar-refractivity contribution in [1.82, 2.24) is 9.88 Å². The number of aliphatic carboxylic acids is 1. The highest BCUT2D eigenvalue weighted by molar-refractivity contribution is 6.01. The summed E-state index contributed by atoms with van der Waals surface area (Å²) in [6.45, 7) is 3.46. The molecule has 1 aromatic rings. The van der Waals surface area contributed by atoms with Gasteiger partial charge in [0.05, 0.1) is 0 Å². The standard InChI is InChI=1S/C14H18N2O3/c1-10(11(2)14(18)19)13(17)16(3)9-7-12-6-4-5-8-15-12/h4-6,8H,7,9H2,1-3H3,(H,18,19)/b11-10-. The summed E-state index contributed by atoms with van der Waals surface area (Å²) in [6, 6.07) is 5.62. The van der Waals surface area contributed by atoms with Gasteiger partial charge in [-0.3, -0.25) is 9.78 Å². The molecule has 1 amide bonds. The van der Waals surface area contributed by atoms with E-state index in [-0.39, 0.29) is 17.1 Å². The third-order valence-corrected chi connectivity index (χ3v) is 2.98. The highest BCUT2D eigenvalue weighted by Crippen LogP contribution is 2.07. The molecule has 0 radical (unpaired) electrons. The Morgan fingerprint density at radius 2 is 1.95 bits per heavy atom. The Kier molecular flexibility index (Phi) is 5.23. The highest BCUT2D eigenvalue weighted by atomic mass is 16.4. The van der Waals surface area contributed by atoms with Gasteiger partial charge >= 0.3 is 5.97 Å². The normalized spacial score (nSPS) is 11.7. The van der Waals surface area contributed by atoms with Crippen molar-refractivity contribution in [2.75, 3.05) is 13.6 Å². The Bertz CT molecular complexity index is 495. The van der Waals surface area contributed by atoms with Gasteiger partial charge in [-0.2, -0.15) is 0 Å². The summed E-state index contributed by atoms with van der Waals surface area (Å²) in [7, 11) is 1.66. The highest BCUT2D eigenvalue weighted by Gasteiger charge is 2.16. The molecular formula is C14H18N2O3. The van der Waals surface area contributed by atoms with Crippen molar-refractivity contribution in [3.63, 3.8) is 0 Å². The van der Waals surface area contributed by atoms with Crippen LogP contribution in [0.25, 0.3) is 0 Å². The van der Waals surface area contributed by atoms with Gasteiger partial charge in [-0.05, 0) is 26.0 Å². The Hall–Kier alpha value is -2.17. The molecule has 0 aliphatic heterocycles. The van der Waals surface area contributed by atoms with E-state index in [2.05, 4.69) is 4.98 Å². The van der Waals surface area contributed by atoms with Crippen LogP contribution in [0.3, 0.4) is 0 Å². The molecule has 102 valence electrons. The third-order valence-electron chi connectivity index (χ3n) is 2.98. The average Bonchev–Trinajstić information content (AvgIpc) is 2.43. The Morgan fingerprint density at radius 1 is 1.26 bits per heavy atom. The number of amides is 1. The van der Waals surface area contributed by atoms with Crippen LogP contribution in [0.4, 0.5) is 0 Å². The largest absolute Gasteiger partial charge is 0.478 e. The van der Waals surface area contributed by atoms with Crippen molar-refractivity contribution >= 4 is 11.9 Å². The van der Waals surface area contributed by atoms with Crippen molar-refractivity contribution in [2.24, 2.45) is 0 Å². The maximum absolute atomic E-state index is 12.0. The van der Waals surface area contributed by atoms with Gasteiger partial charge in [0.15, 0.2) is 0 Å². The second kappa shape index (κ2) is 6.68. The molecule has 1 rings (SSSR count). The lowest BCUT2D eigenvalue weighted by molar-refractivity contribution is -0.133. The van der Waals surface area contributed by atoms with Gasteiger partial charge in [0.2, 0.25) is 5.91 Å². The van der Waals surface area contributed by atoms with E-state index in [9.17, 15) is 9.59 Å². The molecule has 0 unspecified atom stereocenters. The van der Waals surface area contributed by atoms with Crippen LogP contribution in [-0.4, -0.2) is 40.5 Å². The summed E-state index contributed by atoms with van der Waals surface area (Å²) in [5.74, 6) is -1.33. The van der Waals surface area contributed by atoms with Gasteiger partial charge in [-0.25, -0.2) is 4.79 Å². The number of hydrogen-bond donors (Lipinski definition) is 1. The lowest BCUT2D eigenvalue weighted by Gasteiger charge is -2.18. The van der Waals surface area contributed by atoms with Crippen molar-refractivity contribution in [1.29, 1.82) is 0 Å². The Balaban J connectivity index is 2.64. The van der Waals surface area contributed by atoms with E-state index in [1.54, 1.807) is 13.2 Å². The van der Waals surface area contributed by atoms with Crippen LogP contribution in [0.5, 0.6) is 0 Å². The van der Waals surface area contributed by atoms with Crippen LogP contribution in [0.1, 0.15) is 19.5 Å². The number of hydrogen-bond acceptors (Lipinski definition) is 3. The Morgan fingerprint density at radius 3 is 2.47 bits per heavy atom. The van der Waals surface area contributed by atoms with E-state index in [1.165, 1.54) is 18.7 Å². The summed E-state index contributed by atoms with van der Waals surface area (Å²) in [5, 5.41) is 8.85. The number of carboxylic acids is 1. The lowest BCUT2D eigenvalue weighted by atomic mass is 10.1. The van der Waals surface area contributed by atoms with E-state index in [1.807, 2.05) is 18.2 Å². The number of pyridine rings is 1. The van der Waals surface area contributed by atoms with Crippen LogP contribution in [-0.2, 0) is 16.0 Å². The zero-order valence-electron chi connectivity index (χ0n) is 11.4. The number of aromatic nitrogens is 1. The molecule has 1 aromatic heterocycles. The van der Waals surface area contributed by atoms with Gasteiger partial charge < -0.3 is 10.0 Å². The van der Waals surface area contributed by atoms with Gasteiger partial charge in [0.25, 0.3) is 0 Å². The average molecular weight is 262 g/mol. The number of carbonyl (C=O) groups is 2. The van der Waals surface area contributed by atoms with Gasteiger partial charge in [-0.15, -0.1) is 0 Å². The number of nitrogens with zero attached hydrogens (tertiary/aromatic N) is 2. The monoisotopic (exact) mass is 262 g/mol. The van der Waals surface area contributed by atoms with Crippen molar-refractivity contribution in [3.05, 3.63) is 41.2 Å². The fourth-order valence-electron chi connectivity index (χ4n) is 1.54. The second-order valence-electron chi connectivity index (χ2n) is 4.35. The van der Waals surface area contributed by atoms with Gasteiger partial charge in [0, 0.05) is 43.1 Å². The molecule has 0 saturated carbocycles. The van der Waals surface area contributed by atoms with Crippen molar-refractivity contribution < 1.29 is 14.7 Å². The maximum atomic E-state index is 12.0. The number of likely N-dealkylation sites (N-methyl/N-ethyl adjacent to an activating group) is 1. The van der Waals surface area contributed by atoms with Crippen LogP contribution in [0.15, 0.2) is 35.5 Å². The summed E-state index contributed by atoms with van der Waals surface area (Å²) in [6.07, 6.45) is 2.35. The Labute approximate surface area is 112 Å². The minimum Gasteiger partial charge on any atom is -0.478 e. The zero-order chi connectivity index (χ0) is 14.4. The van der Waals surface area contributed by atoms with Crippen molar-refractivity contribution in [2.45, 2.75) is 20.3 Å². The summed E-state index contributed by atoms with van der Waals surface area (Å²) >= 11 is 0. The fourth-order valence-corrected chi connectivity index (χ4v) is 1.54. The van der Waals surface area contributed by atoms with Crippen LogP contribution >= 0.6 is 0 Å². The van der Waals surface area contributed by atoms with E-state index in [0.29, 0.717) is 13.0 Å². The molecule has 0 aliphatic carbocycles. The second-order valence-corrected chi connectivity index (χ2v) is 4.35. The molecule has 5 heteroatoms. The zero-order valence-corrected chi connectivity index (χ0v) is 11.4. The number of carbonyl (C=O) groups excluding carboxylic acids is 1. The fraction of sp³-hybridized carbons (Fsp3) is 0.357. The topological polar surface area (TPSA) is 70.5 Å². The first-order valence-corrected chi connectivity index (χ1v) is 5.99. The first-order chi connectivity index (χ1) is 8.93. The van der Waals surface area contributed by atoms with Gasteiger partial charge in [-0.1, -0.05) is 6.07 Å². The van der Waals surface area contributed by atoms with E-state index in [0.717, 1.165) is 5.69 Å². The molecule has 19 heavy (non-hydrogen) atoms. The molecule has 0 bridgehead atoms. The molecule has 0 fully saturated rings. The molecule has 0 spiro atoms. The molecule has 0 aromatic carbocycles. The molecular weight excluding hydrogens is 244 g/mol. The van der Waals surface area contributed by atoms with Crippen LogP contribution in [0, 0.1) is 0 Å². The summed E-state index contributed by atoms with van der Waals surface area (Å²) < 4.78 is 0. The first kappa shape index (κ1) is 14.9. The molecule has 0 aliphatic rings. The van der Waals surface area contributed by atoms with Crippen LogP contribution < -0.4 is 0 Å². The molecule has 1 N–H and O–H groups in total. The van der Waals surface area contributed by atoms with E-state index in [4.69, 9.17) is 5.11 Å². The number of rotatable bonds is 5. The lowest BCUT2D eigenvalue weighted by Crippen LogP contribution is -2.30.